The van der Waals surface area contributed by atoms with Gasteiger partial charge < -0.3 is 5.73 Å². The minimum absolute atomic E-state index is 0.0341. The summed E-state index contributed by atoms with van der Waals surface area (Å²) in [6.45, 7) is 1.66. The third-order valence-corrected chi connectivity index (χ3v) is 5.53. The molecule has 2 N–H and O–H groups in total. The number of anilines is 1. The molecule has 2 rings (SSSR count). The predicted molar refractivity (Wildman–Crippen MR) is 91.0 cm³/mol. The molecule has 0 heterocycles. The van der Waals surface area contributed by atoms with Crippen molar-refractivity contribution < 1.29 is 13.2 Å². The summed E-state index contributed by atoms with van der Waals surface area (Å²) < 4.78 is 27.2. The number of primary amides is 1. The van der Waals surface area contributed by atoms with Crippen molar-refractivity contribution in [2.45, 2.75) is 18.2 Å². The summed E-state index contributed by atoms with van der Waals surface area (Å²) in [6, 6.07) is 13.3. The SMILES string of the molecule is Cc1ccc(Cl)cc1S(=O)(=O)N(CCC(N)=O)c1ccccc1. The molecule has 0 aliphatic rings. The fraction of sp³-hybridized carbons (Fsp3) is 0.188. The molecule has 0 bridgehead atoms. The van der Waals surface area contributed by atoms with Crippen molar-refractivity contribution in [2.75, 3.05) is 10.8 Å². The van der Waals surface area contributed by atoms with E-state index in [2.05, 4.69) is 0 Å². The first-order valence-corrected chi connectivity index (χ1v) is 8.76. The van der Waals surface area contributed by atoms with Crippen LogP contribution in [-0.2, 0) is 14.8 Å². The minimum atomic E-state index is -3.86. The zero-order valence-corrected chi connectivity index (χ0v) is 14.1. The van der Waals surface area contributed by atoms with E-state index >= 15 is 0 Å². The molecule has 0 aromatic heterocycles. The third kappa shape index (κ3) is 4.03. The summed E-state index contributed by atoms with van der Waals surface area (Å²) in [5.41, 5.74) is 6.22. The number of sulfonamides is 1. The summed E-state index contributed by atoms with van der Waals surface area (Å²) in [4.78, 5) is 11.2. The second-order valence-corrected chi connectivity index (χ2v) is 7.31. The van der Waals surface area contributed by atoms with Gasteiger partial charge in [0.25, 0.3) is 10.0 Å². The average Bonchev–Trinajstić information content (AvgIpc) is 2.50. The molecule has 0 saturated carbocycles. The van der Waals surface area contributed by atoms with E-state index < -0.39 is 15.9 Å². The van der Waals surface area contributed by atoms with Crippen LogP contribution in [0.2, 0.25) is 5.02 Å². The van der Waals surface area contributed by atoms with Crippen LogP contribution in [0.25, 0.3) is 0 Å². The molecule has 122 valence electrons. The highest BCUT2D eigenvalue weighted by atomic mass is 35.5. The Kier molecular flexibility index (Phi) is 5.28. The Morgan fingerprint density at radius 2 is 1.83 bits per heavy atom. The predicted octanol–water partition coefficient (Wildman–Crippen LogP) is 2.72. The van der Waals surface area contributed by atoms with Crippen molar-refractivity contribution in [3.8, 4) is 0 Å². The Morgan fingerprint density at radius 3 is 2.43 bits per heavy atom. The van der Waals surface area contributed by atoms with Gasteiger partial charge in [0.05, 0.1) is 10.6 Å². The van der Waals surface area contributed by atoms with E-state index in [-0.39, 0.29) is 17.9 Å². The molecule has 1 amide bonds. The first-order valence-electron chi connectivity index (χ1n) is 6.94. The Labute approximate surface area is 140 Å². The molecule has 0 unspecified atom stereocenters. The standard InChI is InChI=1S/C16H17ClN2O3S/c1-12-7-8-13(17)11-15(12)23(21,22)19(10-9-16(18)20)14-5-3-2-4-6-14/h2-8,11H,9-10H2,1H3,(H2,18,20). The lowest BCUT2D eigenvalue weighted by molar-refractivity contribution is -0.117. The topological polar surface area (TPSA) is 80.5 Å². The highest BCUT2D eigenvalue weighted by Crippen LogP contribution is 2.27. The number of rotatable bonds is 6. The van der Waals surface area contributed by atoms with Crippen LogP contribution in [0.5, 0.6) is 0 Å². The van der Waals surface area contributed by atoms with Gasteiger partial charge in [0.1, 0.15) is 0 Å². The van der Waals surface area contributed by atoms with Crippen LogP contribution in [0.3, 0.4) is 0 Å². The molecule has 23 heavy (non-hydrogen) atoms. The number of nitrogens with zero attached hydrogens (tertiary/aromatic N) is 1. The van der Waals surface area contributed by atoms with Gasteiger partial charge in [-0.3, -0.25) is 9.10 Å². The van der Waals surface area contributed by atoms with Crippen LogP contribution in [-0.4, -0.2) is 20.9 Å². The van der Waals surface area contributed by atoms with Crippen molar-refractivity contribution in [1.82, 2.24) is 0 Å². The van der Waals surface area contributed by atoms with Gasteiger partial charge in [-0.05, 0) is 36.8 Å². The van der Waals surface area contributed by atoms with Crippen LogP contribution < -0.4 is 10.0 Å². The normalized spacial score (nSPS) is 11.2. The maximum atomic E-state index is 13.0. The Hall–Kier alpha value is -2.05. The molecule has 7 heteroatoms. The van der Waals surface area contributed by atoms with Crippen molar-refractivity contribution in [3.63, 3.8) is 0 Å². The highest BCUT2D eigenvalue weighted by molar-refractivity contribution is 7.92. The van der Waals surface area contributed by atoms with Gasteiger partial charge in [-0.1, -0.05) is 35.9 Å². The molecule has 2 aromatic rings. The van der Waals surface area contributed by atoms with Crippen LogP contribution in [0, 0.1) is 6.92 Å². The van der Waals surface area contributed by atoms with Crippen molar-refractivity contribution in [2.24, 2.45) is 5.73 Å². The zero-order chi connectivity index (χ0) is 17.0. The zero-order valence-electron chi connectivity index (χ0n) is 12.6. The largest absolute Gasteiger partial charge is 0.370 e. The Morgan fingerprint density at radius 1 is 1.17 bits per heavy atom. The van der Waals surface area contributed by atoms with E-state index in [0.29, 0.717) is 16.3 Å². The molecule has 0 aliphatic carbocycles. The number of nitrogens with two attached hydrogens (primary N) is 1. The first-order chi connectivity index (χ1) is 10.8. The molecular formula is C16H17ClN2O3S. The lowest BCUT2D eigenvalue weighted by Crippen LogP contribution is -2.34. The van der Waals surface area contributed by atoms with Gasteiger partial charge in [0.2, 0.25) is 5.91 Å². The monoisotopic (exact) mass is 352 g/mol. The number of aryl methyl sites for hydroxylation is 1. The molecule has 0 aliphatic heterocycles. The summed E-state index contributed by atoms with van der Waals surface area (Å²) in [5.74, 6) is -0.566. The van der Waals surface area contributed by atoms with E-state index in [0.717, 1.165) is 0 Å². The Bertz CT molecular complexity index is 807. The third-order valence-electron chi connectivity index (χ3n) is 3.32. The number of para-hydroxylation sites is 1. The average molecular weight is 353 g/mol. The molecule has 0 atom stereocenters. The quantitative estimate of drug-likeness (QED) is 0.867. The molecule has 0 spiro atoms. The second kappa shape index (κ2) is 7.02. The van der Waals surface area contributed by atoms with Crippen molar-refractivity contribution >= 4 is 33.2 Å². The fourth-order valence-corrected chi connectivity index (χ4v) is 4.12. The Balaban J connectivity index is 2.52. The molecule has 0 radical (unpaired) electrons. The smallest absolute Gasteiger partial charge is 0.264 e. The maximum Gasteiger partial charge on any atom is 0.264 e. The lowest BCUT2D eigenvalue weighted by atomic mass is 10.2. The maximum absolute atomic E-state index is 13.0. The van der Waals surface area contributed by atoms with Crippen LogP contribution in [0.15, 0.2) is 53.4 Å². The molecule has 0 saturated heterocycles. The number of carbonyl (C=O) groups is 1. The molecule has 0 fully saturated rings. The summed E-state index contributed by atoms with van der Waals surface area (Å²) >= 11 is 5.94. The number of hydrogen-bond acceptors (Lipinski definition) is 3. The van der Waals surface area contributed by atoms with E-state index in [1.54, 1.807) is 49.4 Å². The van der Waals surface area contributed by atoms with Crippen LogP contribution in [0.1, 0.15) is 12.0 Å². The molecule has 2 aromatic carbocycles. The van der Waals surface area contributed by atoms with E-state index in [4.69, 9.17) is 17.3 Å². The van der Waals surface area contributed by atoms with Gasteiger partial charge >= 0.3 is 0 Å². The number of hydrogen-bond donors (Lipinski definition) is 1. The van der Waals surface area contributed by atoms with E-state index in [9.17, 15) is 13.2 Å². The number of amides is 1. The van der Waals surface area contributed by atoms with Gasteiger partial charge in [0, 0.05) is 18.0 Å². The van der Waals surface area contributed by atoms with Gasteiger partial charge in [-0.2, -0.15) is 0 Å². The van der Waals surface area contributed by atoms with Crippen LogP contribution in [0.4, 0.5) is 5.69 Å². The van der Waals surface area contributed by atoms with E-state index in [1.165, 1.54) is 10.4 Å². The highest BCUT2D eigenvalue weighted by Gasteiger charge is 2.27. The summed E-state index contributed by atoms with van der Waals surface area (Å²) in [5, 5.41) is 0.331. The van der Waals surface area contributed by atoms with Crippen molar-refractivity contribution in [1.29, 1.82) is 0 Å². The lowest BCUT2D eigenvalue weighted by Gasteiger charge is -2.25. The number of halogens is 1. The summed E-state index contributed by atoms with van der Waals surface area (Å²) in [7, 11) is -3.86. The number of benzene rings is 2. The summed E-state index contributed by atoms with van der Waals surface area (Å²) in [6.07, 6.45) is -0.0757. The van der Waals surface area contributed by atoms with Gasteiger partial charge in [-0.25, -0.2) is 8.42 Å². The van der Waals surface area contributed by atoms with E-state index in [1.807, 2.05) is 0 Å². The van der Waals surface area contributed by atoms with Gasteiger partial charge in [-0.15, -0.1) is 0 Å². The first kappa shape index (κ1) is 17.3. The van der Waals surface area contributed by atoms with Gasteiger partial charge in [0.15, 0.2) is 0 Å². The van der Waals surface area contributed by atoms with Crippen LogP contribution >= 0.6 is 11.6 Å². The number of carbonyl (C=O) groups excluding carboxylic acids is 1. The van der Waals surface area contributed by atoms with Crippen molar-refractivity contribution in [3.05, 3.63) is 59.1 Å². The molecule has 5 nitrogen and oxygen atoms in total. The molecular weight excluding hydrogens is 336 g/mol. The fourth-order valence-electron chi connectivity index (χ4n) is 2.16. The second-order valence-electron chi connectivity index (χ2n) is 5.04. The minimum Gasteiger partial charge on any atom is -0.370 e.